The summed E-state index contributed by atoms with van der Waals surface area (Å²) < 4.78 is 10.4. The number of benzene rings is 1. The van der Waals surface area contributed by atoms with Crippen molar-refractivity contribution in [2.75, 3.05) is 4.72 Å². The Kier molecular flexibility index (Phi) is 4.37. The molecule has 3 aromatic rings. The molecule has 0 unspecified atom stereocenters. The zero-order valence-corrected chi connectivity index (χ0v) is 14.7. The minimum Gasteiger partial charge on any atom is -0.336 e. The van der Waals surface area contributed by atoms with Gasteiger partial charge in [0.05, 0.1) is 9.90 Å². The fraction of sp³-hybridized carbons (Fsp3) is 0.133. The Morgan fingerprint density at radius 3 is 2.57 bits per heavy atom. The highest BCUT2D eigenvalue weighted by molar-refractivity contribution is 9.10. The SMILES string of the molecule is Cc1ccc(-c2ccc(SNc3onc(C)c3Br)s2)cc1. The first-order valence-corrected chi connectivity index (χ1v) is 8.77. The Labute approximate surface area is 140 Å². The molecule has 21 heavy (non-hydrogen) atoms. The fourth-order valence-corrected chi connectivity index (χ4v) is 3.91. The summed E-state index contributed by atoms with van der Waals surface area (Å²) in [4.78, 5) is 1.26. The van der Waals surface area contributed by atoms with Crippen molar-refractivity contribution in [2.24, 2.45) is 0 Å². The van der Waals surface area contributed by atoms with E-state index in [-0.39, 0.29) is 0 Å². The molecule has 0 aliphatic carbocycles. The maximum Gasteiger partial charge on any atom is 0.249 e. The molecule has 0 spiro atoms. The quantitative estimate of drug-likeness (QED) is 0.571. The van der Waals surface area contributed by atoms with E-state index in [4.69, 9.17) is 4.52 Å². The summed E-state index contributed by atoms with van der Waals surface area (Å²) in [7, 11) is 0. The Hall–Kier alpha value is -1.24. The molecule has 1 N–H and O–H groups in total. The Balaban J connectivity index is 1.70. The van der Waals surface area contributed by atoms with Crippen molar-refractivity contribution in [2.45, 2.75) is 18.1 Å². The summed E-state index contributed by atoms with van der Waals surface area (Å²) in [6.07, 6.45) is 0. The van der Waals surface area contributed by atoms with E-state index in [0.29, 0.717) is 5.88 Å². The third-order valence-corrected chi connectivity index (χ3v) is 5.94. The van der Waals surface area contributed by atoms with E-state index in [1.54, 1.807) is 11.3 Å². The number of thiophene rings is 1. The van der Waals surface area contributed by atoms with Gasteiger partial charge in [0.2, 0.25) is 5.88 Å². The third-order valence-electron chi connectivity index (χ3n) is 2.95. The number of nitrogens with one attached hydrogen (secondary N) is 1. The van der Waals surface area contributed by atoms with Crippen molar-refractivity contribution in [1.82, 2.24) is 5.16 Å². The molecule has 1 aromatic carbocycles. The second-order valence-electron chi connectivity index (χ2n) is 4.60. The zero-order chi connectivity index (χ0) is 14.8. The van der Waals surface area contributed by atoms with Crippen LogP contribution in [0.25, 0.3) is 10.4 Å². The lowest BCUT2D eigenvalue weighted by Gasteiger charge is -1.99. The topological polar surface area (TPSA) is 38.1 Å². The number of hydrogen-bond acceptors (Lipinski definition) is 5. The molecule has 0 atom stereocenters. The van der Waals surface area contributed by atoms with Crippen LogP contribution in [0.2, 0.25) is 0 Å². The third kappa shape index (κ3) is 3.33. The summed E-state index contributed by atoms with van der Waals surface area (Å²) >= 11 is 6.71. The number of aromatic nitrogens is 1. The van der Waals surface area contributed by atoms with Crippen molar-refractivity contribution in [1.29, 1.82) is 0 Å². The number of anilines is 1. The van der Waals surface area contributed by atoms with Crippen LogP contribution in [0.5, 0.6) is 0 Å². The predicted octanol–water partition coefficient (Wildman–Crippen LogP) is 5.90. The van der Waals surface area contributed by atoms with Gasteiger partial charge in [-0.3, -0.25) is 4.72 Å². The fourth-order valence-electron chi connectivity index (χ4n) is 1.77. The molecule has 0 saturated carbocycles. The van der Waals surface area contributed by atoms with E-state index < -0.39 is 0 Å². The Morgan fingerprint density at radius 2 is 1.90 bits per heavy atom. The molecule has 108 valence electrons. The summed E-state index contributed by atoms with van der Waals surface area (Å²) in [6.45, 7) is 3.99. The van der Waals surface area contributed by atoms with Gasteiger partial charge in [0.25, 0.3) is 0 Å². The minimum absolute atomic E-state index is 0.641. The summed E-state index contributed by atoms with van der Waals surface area (Å²) in [6, 6.07) is 12.8. The van der Waals surface area contributed by atoms with Gasteiger partial charge in [0, 0.05) is 4.88 Å². The highest BCUT2D eigenvalue weighted by Crippen LogP contribution is 2.36. The number of hydrogen-bond donors (Lipinski definition) is 1. The highest BCUT2D eigenvalue weighted by atomic mass is 79.9. The van der Waals surface area contributed by atoms with E-state index in [9.17, 15) is 0 Å². The average Bonchev–Trinajstić information content (AvgIpc) is 3.07. The van der Waals surface area contributed by atoms with Crippen LogP contribution in [0.4, 0.5) is 5.88 Å². The second kappa shape index (κ2) is 6.25. The highest BCUT2D eigenvalue weighted by Gasteiger charge is 2.10. The van der Waals surface area contributed by atoms with E-state index in [2.05, 4.69) is 69.1 Å². The van der Waals surface area contributed by atoms with Crippen molar-refractivity contribution in [3.63, 3.8) is 0 Å². The molecular formula is C15H13BrN2OS2. The number of rotatable bonds is 4. The maximum atomic E-state index is 5.20. The van der Waals surface area contributed by atoms with Gasteiger partial charge >= 0.3 is 0 Å². The lowest BCUT2D eigenvalue weighted by Crippen LogP contribution is -1.82. The molecule has 0 fully saturated rings. The molecule has 2 aromatic heterocycles. The van der Waals surface area contributed by atoms with Gasteiger partial charge in [-0.05, 0) is 59.4 Å². The first kappa shape index (κ1) is 14.7. The van der Waals surface area contributed by atoms with Crippen LogP contribution in [-0.2, 0) is 0 Å². The van der Waals surface area contributed by atoms with Gasteiger partial charge in [-0.25, -0.2) is 0 Å². The summed E-state index contributed by atoms with van der Waals surface area (Å²) in [5.74, 6) is 0.641. The van der Waals surface area contributed by atoms with Gasteiger partial charge in [-0.1, -0.05) is 35.0 Å². The van der Waals surface area contributed by atoms with Crippen molar-refractivity contribution >= 4 is 45.1 Å². The van der Waals surface area contributed by atoms with Gasteiger partial charge in [-0.15, -0.1) is 11.3 Å². The van der Waals surface area contributed by atoms with E-state index in [1.165, 1.54) is 32.2 Å². The van der Waals surface area contributed by atoms with Crippen LogP contribution in [0.15, 0.2) is 49.6 Å². The van der Waals surface area contributed by atoms with Crippen molar-refractivity contribution < 1.29 is 4.52 Å². The van der Waals surface area contributed by atoms with Gasteiger partial charge in [0.15, 0.2) is 0 Å². The van der Waals surface area contributed by atoms with Crippen LogP contribution < -0.4 is 4.72 Å². The predicted molar refractivity (Wildman–Crippen MR) is 92.9 cm³/mol. The lowest BCUT2D eigenvalue weighted by atomic mass is 10.1. The molecular weight excluding hydrogens is 368 g/mol. The Morgan fingerprint density at radius 1 is 1.14 bits per heavy atom. The molecule has 0 aliphatic heterocycles. The standard InChI is InChI=1S/C15H13BrN2OS2/c1-9-3-5-11(6-4-9)12-7-8-13(20-12)21-18-15-14(16)10(2)17-19-15/h3-8,18H,1-2H3. The molecule has 3 rings (SSSR count). The number of nitrogens with zero attached hydrogens (tertiary/aromatic N) is 1. The van der Waals surface area contributed by atoms with Gasteiger partial charge in [-0.2, -0.15) is 0 Å². The van der Waals surface area contributed by atoms with E-state index >= 15 is 0 Å². The van der Waals surface area contributed by atoms with Crippen LogP contribution in [-0.4, -0.2) is 5.16 Å². The first-order valence-electron chi connectivity index (χ1n) is 6.35. The molecule has 0 radical (unpaired) electrons. The van der Waals surface area contributed by atoms with Crippen LogP contribution in [0.3, 0.4) is 0 Å². The minimum atomic E-state index is 0.641. The zero-order valence-electron chi connectivity index (χ0n) is 11.5. The molecule has 0 bridgehead atoms. The number of aryl methyl sites for hydroxylation is 2. The van der Waals surface area contributed by atoms with E-state index in [0.717, 1.165) is 10.2 Å². The molecule has 0 amide bonds. The lowest BCUT2D eigenvalue weighted by molar-refractivity contribution is 0.431. The molecule has 0 saturated heterocycles. The van der Waals surface area contributed by atoms with Crippen LogP contribution in [0.1, 0.15) is 11.3 Å². The molecule has 0 aliphatic rings. The van der Waals surface area contributed by atoms with Crippen molar-refractivity contribution in [3.05, 3.63) is 52.1 Å². The molecule has 3 nitrogen and oxygen atoms in total. The number of halogens is 1. The first-order chi connectivity index (χ1) is 10.1. The molecule has 6 heteroatoms. The normalized spacial score (nSPS) is 10.8. The van der Waals surface area contributed by atoms with Gasteiger partial charge in [0.1, 0.15) is 4.47 Å². The molecule has 2 heterocycles. The largest absolute Gasteiger partial charge is 0.336 e. The van der Waals surface area contributed by atoms with Crippen LogP contribution >= 0.6 is 39.2 Å². The van der Waals surface area contributed by atoms with Crippen molar-refractivity contribution in [3.8, 4) is 10.4 Å². The Bertz CT molecular complexity index is 749. The van der Waals surface area contributed by atoms with E-state index in [1.807, 2.05) is 6.92 Å². The monoisotopic (exact) mass is 380 g/mol. The maximum absolute atomic E-state index is 5.20. The second-order valence-corrected chi connectivity index (χ2v) is 7.58. The smallest absolute Gasteiger partial charge is 0.249 e. The summed E-state index contributed by atoms with van der Waals surface area (Å²) in [5, 5.41) is 3.90. The van der Waals surface area contributed by atoms with Crippen LogP contribution in [0, 0.1) is 13.8 Å². The average molecular weight is 381 g/mol. The summed E-state index contributed by atoms with van der Waals surface area (Å²) in [5.41, 5.74) is 3.36. The van der Waals surface area contributed by atoms with Gasteiger partial charge < -0.3 is 4.52 Å².